The first-order chi connectivity index (χ1) is 11.7. The van der Waals surface area contributed by atoms with Gasteiger partial charge in [-0.25, -0.2) is 8.78 Å². The van der Waals surface area contributed by atoms with Gasteiger partial charge in [0.1, 0.15) is 5.75 Å². The summed E-state index contributed by atoms with van der Waals surface area (Å²) in [6.07, 6.45) is 0.889. The molecule has 0 saturated heterocycles. The van der Waals surface area contributed by atoms with Crippen LogP contribution in [0.3, 0.4) is 0 Å². The third kappa shape index (κ3) is 2.54. The van der Waals surface area contributed by atoms with Crippen molar-refractivity contribution in [2.75, 3.05) is 7.11 Å². The van der Waals surface area contributed by atoms with Crippen LogP contribution in [0.1, 0.15) is 29.7 Å². The molecule has 0 amide bonds. The first-order valence-corrected chi connectivity index (χ1v) is 7.59. The molecule has 122 valence electrons. The highest BCUT2D eigenvalue weighted by Crippen LogP contribution is 2.56. The smallest absolute Gasteiger partial charge is 0.230 e. The lowest BCUT2D eigenvalue weighted by molar-refractivity contribution is 0.377. The van der Waals surface area contributed by atoms with E-state index in [0.717, 1.165) is 29.9 Å². The van der Waals surface area contributed by atoms with Crippen molar-refractivity contribution in [2.24, 2.45) is 0 Å². The normalized spacial score (nSPS) is 19.3. The second-order valence-corrected chi connectivity index (χ2v) is 5.78. The van der Waals surface area contributed by atoms with Gasteiger partial charge in [-0.05, 0) is 42.2 Å². The predicted octanol–water partition coefficient (Wildman–Crippen LogP) is 4.29. The fraction of sp³-hybridized carbons (Fsp3) is 0.222. The molecule has 4 rings (SSSR count). The molecule has 3 aromatic rings. The van der Waals surface area contributed by atoms with E-state index in [4.69, 9.17) is 9.26 Å². The molecule has 1 heterocycles. The number of rotatable bonds is 4. The second-order valence-electron chi connectivity index (χ2n) is 5.78. The number of benzene rings is 2. The molecule has 0 spiro atoms. The zero-order valence-electron chi connectivity index (χ0n) is 12.9. The zero-order chi connectivity index (χ0) is 16.7. The first kappa shape index (κ1) is 14.8. The molecular formula is C18H14F2N2O2. The quantitative estimate of drug-likeness (QED) is 0.717. The highest BCUT2D eigenvalue weighted by molar-refractivity contribution is 5.54. The number of nitrogens with zero attached hydrogens (tertiary/aromatic N) is 2. The molecule has 6 heteroatoms. The number of halogens is 2. The number of methoxy groups -OCH3 is 1. The van der Waals surface area contributed by atoms with Crippen LogP contribution < -0.4 is 4.74 Å². The van der Waals surface area contributed by atoms with Gasteiger partial charge in [-0.3, -0.25) is 0 Å². The minimum atomic E-state index is -0.933. The van der Waals surface area contributed by atoms with Crippen molar-refractivity contribution >= 4 is 0 Å². The molecule has 2 atom stereocenters. The predicted molar refractivity (Wildman–Crippen MR) is 82.7 cm³/mol. The second kappa shape index (κ2) is 5.70. The van der Waals surface area contributed by atoms with E-state index in [1.165, 1.54) is 6.07 Å². The number of hydrogen-bond acceptors (Lipinski definition) is 4. The molecule has 1 aromatic heterocycles. The van der Waals surface area contributed by atoms with Crippen LogP contribution in [0.4, 0.5) is 8.78 Å². The van der Waals surface area contributed by atoms with Crippen LogP contribution >= 0.6 is 0 Å². The summed E-state index contributed by atoms with van der Waals surface area (Å²) in [5, 5.41) is 3.88. The van der Waals surface area contributed by atoms with Gasteiger partial charge in [-0.15, -0.1) is 0 Å². The Morgan fingerprint density at radius 2 is 1.92 bits per heavy atom. The summed E-state index contributed by atoms with van der Waals surface area (Å²) in [6, 6.07) is 11.4. The maximum atomic E-state index is 13.3. The molecule has 1 aliphatic rings. The van der Waals surface area contributed by atoms with Crippen molar-refractivity contribution in [3.8, 4) is 17.1 Å². The summed E-state index contributed by atoms with van der Waals surface area (Å²) >= 11 is 0. The Kier molecular flexibility index (Phi) is 3.52. The van der Waals surface area contributed by atoms with Crippen LogP contribution in [0.2, 0.25) is 0 Å². The number of ether oxygens (including phenoxy) is 1. The van der Waals surface area contributed by atoms with E-state index < -0.39 is 11.6 Å². The van der Waals surface area contributed by atoms with Crippen molar-refractivity contribution in [2.45, 2.75) is 18.3 Å². The zero-order valence-corrected chi connectivity index (χ0v) is 12.9. The maximum absolute atomic E-state index is 13.3. The summed E-state index contributed by atoms with van der Waals surface area (Å²) in [7, 11) is 1.64. The van der Waals surface area contributed by atoms with Crippen LogP contribution in [0, 0.1) is 11.6 Å². The molecule has 2 aromatic carbocycles. The number of aromatic nitrogens is 2. The fourth-order valence-electron chi connectivity index (χ4n) is 2.92. The molecule has 1 saturated carbocycles. The fourth-order valence-corrected chi connectivity index (χ4v) is 2.92. The molecule has 0 bridgehead atoms. The molecule has 0 radical (unpaired) electrons. The summed E-state index contributed by atoms with van der Waals surface area (Å²) in [5.41, 5.74) is 1.50. The topological polar surface area (TPSA) is 48.2 Å². The molecule has 4 nitrogen and oxygen atoms in total. The molecule has 2 unspecified atom stereocenters. The minimum absolute atomic E-state index is 0.118. The van der Waals surface area contributed by atoms with Gasteiger partial charge in [0.2, 0.25) is 11.7 Å². The molecule has 24 heavy (non-hydrogen) atoms. The van der Waals surface area contributed by atoms with Gasteiger partial charge in [-0.1, -0.05) is 23.4 Å². The van der Waals surface area contributed by atoms with E-state index in [9.17, 15) is 8.78 Å². The summed E-state index contributed by atoms with van der Waals surface area (Å²) in [5.74, 6) is 0.149. The average molecular weight is 328 g/mol. The summed E-state index contributed by atoms with van der Waals surface area (Å²) in [4.78, 5) is 4.34. The van der Waals surface area contributed by atoms with Gasteiger partial charge in [0.25, 0.3) is 0 Å². The Labute approximate surface area is 137 Å². The monoisotopic (exact) mass is 328 g/mol. The Balaban J connectivity index is 1.57. The molecule has 1 aliphatic carbocycles. The average Bonchev–Trinajstić information content (AvgIpc) is 3.25. The Morgan fingerprint density at radius 1 is 1.08 bits per heavy atom. The maximum Gasteiger partial charge on any atom is 0.230 e. The van der Waals surface area contributed by atoms with Gasteiger partial charge in [-0.2, -0.15) is 4.98 Å². The van der Waals surface area contributed by atoms with E-state index >= 15 is 0 Å². The highest BCUT2D eigenvalue weighted by Gasteiger charge is 2.45. The van der Waals surface area contributed by atoms with E-state index in [1.54, 1.807) is 7.11 Å². The summed E-state index contributed by atoms with van der Waals surface area (Å²) < 4.78 is 37.1. The van der Waals surface area contributed by atoms with Gasteiger partial charge >= 0.3 is 0 Å². The van der Waals surface area contributed by atoms with Crippen molar-refractivity contribution < 1.29 is 18.0 Å². The van der Waals surface area contributed by atoms with Crippen LogP contribution in [0.15, 0.2) is 47.0 Å². The number of hydrogen-bond donors (Lipinski definition) is 0. The van der Waals surface area contributed by atoms with Gasteiger partial charge in [0.15, 0.2) is 11.6 Å². The van der Waals surface area contributed by atoms with Crippen LogP contribution in [0.5, 0.6) is 5.75 Å². The largest absolute Gasteiger partial charge is 0.496 e. The van der Waals surface area contributed by atoms with Crippen molar-refractivity contribution in [3.63, 3.8) is 0 Å². The Hall–Kier alpha value is -2.76. The lowest BCUT2D eigenvalue weighted by Crippen LogP contribution is -1.91. The van der Waals surface area contributed by atoms with Gasteiger partial charge < -0.3 is 9.26 Å². The van der Waals surface area contributed by atoms with Crippen molar-refractivity contribution in [1.29, 1.82) is 0 Å². The highest BCUT2D eigenvalue weighted by atomic mass is 19.2. The van der Waals surface area contributed by atoms with Crippen molar-refractivity contribution in [3.05, 3.63) is 65.6 Å². The Morgan fingerprint density at radius 3 is 2.71 bits per heavy atom. The van der Waals surface area contributed by atoms with Crippen LogP contribution in [-0.4, -0.2) is 17.3 Å². The van der Waals surface area contributed by atoms with Crippen LogP contribution in [-0.2, 0) is 0 Å². The van der Waals surface area contributed by atoms with Crippen LogP contribution in [0.25, 0.3) is 11.4 Å². The first-order valence-electron chi connectivity index (χ1n) is 7.59. The Bertz CT molecular complexity index is 894. The number of para-hydroxylation sites is 1. The van der Waals surface area contributed by atoms with E-state index in [0.29, 0.717) is 11.5 Å². The van der Waals surface area contributed by atoms with E-state index in [2.05, 4.69) is 10.1 Å². The standard InChI is InChI=1S/C18H14F2N2O2/c1-23-16-5-3-2-4-11(16)12-9-13(12)18-21-17(22-24-18)10-6-7-14(19)15(20)8-10/h2-8,12-13H,9H2,1H3. The van der Waals surface area contributed by atoms with Crippen molar-refractivity contribution in [1.82, 2.24) is 10.1 Å². The molecule has 1 fully saturated rings. The van der Waals surface area contributed by atoms with E-state index in [1.807, 2.05) is 24.3 Å². The summed E-state index contributed by atoms with van der Waals surface area (Å²) in [6.45, 7) is 0. The third-order valence-electron chi connectivity index (χ3n) is 4.27. The molecule has 0 N–H and O–H groups in total. The lowest BCUT2D eigenvalue weighted by Gasteiger charge is -2.06. The van der Waals surface area contributed by atoms with Gasteiger partial charge in [0.05, 0.1) is 7.11 Å². The molecular weight excluding hydrogens is 314 g/mol. The lowest BCUT2D eigenvalue weighted by atomic mass is 10.1. The molecule has 0 aliphatic heterocycles. The third-order valence-corrected chi connectivity index (χ3v) is 4.27. The van der Waals surface area contributed by atoms with Gasteiger partial charge in [0, 0.05) is 11.5 Å². The van der Waals surface area contributed by atoms with E-state index in [-0.39, 0.29) is 17.7 Å². The minimum Gasteiger partial charge on any atom is -0.496 e. The SMILES string of the molecule is COc1ccccc1C1CC1c1nc(-c2ccc(F)c(F)c2)no1.